The molecular formula is C5H14O3Si. The Bertz CT molecular complexity index is 61.2. The fourth-order valence-electron chi connectivity index (χ4n) is 0.381. The molecule has 0 aliphatic rings. The smallest absolute Gasteiger partial charge is 0.157 e. The minimum atomic E-state index is -0.172. The van der Waals surface area contributed by atoms with Gasteiger partial charge in [0.05, 0.1) is 0 Å². The molecule has 0 amide bonds. The number of rotatable bonds is 4. The van der Waals surface area contributed by atoms with Crippen LogP contribution in [0.4, 0.5) is 0 Å². The van der Waals surface area contributed by atoms with Gasteiger partial charge < -0.3 is 13.9 Å². The van der Waals surface area contributed by atoms with Gasteiger partial charge in [0.2, 0.25) is 0 Å². The van der Waals surface area contributed by atoms with Crippen molar-refractivity contribution in [2.75, 3.05) is 7.11 Å². The molecule has 0 aromatic heterocycles. The third-order valence-corrected chi connectivity index (χ3v) is 1.71. The Labute approximate surface area is 58.8 Å². The van der Waals surface area contributed by atoms with Crippen LogP contribution in [-0.4, -0.2) is 30.2 Å². The quantitative estimate of drug-likeness (QED) is 0.404. The molecule has 0 bridgehead atoms. The second-order valence-corrected chi connectivity index (χ2v) is 2.21. The lowest BCUT2D eigenvalue weighted by Gasteiger charge is -2.16. The van der Waals surface area contributed by atoms with Crippen molar-refractivity contribution in [1.82, 2.24) is 0 Å². The first kappa shape index (κ1) is 9.10. The van der Waals surface area contributed by atoms with Gasteiger partial charge in [-0.3, -0.25) is 0 Å². The van der Waals surface area contributed by atoms with Crippen LogP contribution < -0.4 is 0 Å². The minimum Gasteiger partial charge on any atom is -0.404 e. The first-order valence-corrected chi connectivity index (χ1v) is 3.73. The SMILES string of the molecule is COC(C)OC(C)O[SiH3]. The largest absolute Gasteiger partial charge is 0.404 e. The zero-order valence-electron chi connectivity index (χ0n) is 6.38. The van der Waals surface area contributed by atoms with E-state index in [9.17, 15) is 0 Å². The average molecular weight is 150 g/mol. The van der Waals surface area contributed by atoms with Crippen LogP contribution in [0.15, 0.2) is 0 Å². The topological polar surface area (TPSA) is 27.7 Å². The van der Waals surface area contributed by atoms with Gasteiger partial charge in [0.25, 0.3) is 0 Å². The summed E-state index contributed by atoms with van der Waals surface area (Å²) in [5.41, 5.74) is 0. The van der Waals surface area contributed by atoms with E-state index in [0.29, 0.717) is 10.5 Å². The Morgan fingerprint density at radius 1 is 1.22 bits per heavy atom. The Morgan fingerprint density at radius 3 is 2.11 bits per heavy atom. The van der Waals surface area contributed by atoms with Gasteiger partial charge in [-0.1, -0.05) is 0 Å². The van der Waals surface area contributed by atoms with Gasteiger partial charge in [0.15, 0.2) is 6.29 Å². The van der Waals surface area contributed by atoms with Crippen molar-refractivity contribution in [2.24, 2.45) is 0 Å². The predicted octanol–water partition coefficient (Wildman–Crippen LogP) is -0.362. The lowest BCUT2D eigenvalue weighted by Crippen LogP contribution is -2.20. The van der Waals surface area contributed by atoms with Gasteiger partial charge >= 0.3 is 0 Å². The van der Waals surface area contributed by atoms with Gasteiger partial charge in [0.1, 0.15) is 16.8 Å². The second kappa shape index (κ2) is 4.93. The number of ether oxygens (including phenoxy) is 2. The molecule has 0 aliphatic heterocycles. The second-order valence-electron chi connectivity index (χ2n) is 1.74. The van der Waals surface area contributed by atoms with E-state index >= 15 is 0 Å². The summed E-state index contributed by atoms with van der Waals surface area (Å²) < 4.78 is 14.9. The fraction of sp³-hybridized carbons (Fsp3) is 1.00. The molecule has 0 fully saturated rings. The van der Waals surface area contributed by atoms with Crippen molar-refractivity contribution in [3.05, 3.63) is 0 Å². The van der Waals surface area contributed by atoms with Crippen LogP contribution in [0.1, 0.15) is 13.8 Å². The van der Waals surface area contributed by atoms with Gasteiger partial charge in [-0.25, -0.2) is 0 Å². The standard InChI is InChI=1S/C5H14O3Si/c1-4(6-3)7-5(2)8-9/h4-5H,1-3,9H3. The molecule has 9 heavy (non-hydrogen) atoms. The first-order valence-electron chi connectivity index (χ1n) is 2.91. The first-order chi connectivity index (χ1) is 4.20. The summed E-state index contributed by atoms with van der Waals surface area (Å²) in [4.78, 5) is 0. The van der Waals surface area contributed by atoms with E-state index in [1.54, 1.807) is 7.11 Å². The number of hydrogen-bond donors (Lipinski definition) is 0. The molecule has 0 heterocycles. The maximum Gasteiger partial charge on any atom is 0.157 e. The summed E-state index contributed by atoms with van der Waals surface area (Å²) >= 11 is 0. The highest BCUT2D eigenvalue weighted by atomic mass is 28.2. The van der Waals surface area contributed by atoms with Gasteiger partial charge in [0, 0.05) is 7.11 Å². The van der Waals surface area contributed by atoms with Crippen molar-refractivity contribution >= 4 is 10.5 Å². The van der Waals surface area contributed by atoms with Gasteiger partial charge in [-0.15, -0.1) is 0 Å². The average Bonchev–Trinajstić information content (AvgIpc) is 1.87. The highest BCUT2D eigenvalue weighted by Crippen LogP contribution is 1.97. The van der Waals surface area contributed by atoms with Crippen molar-refractivity contribution in [1.29, 1.82) is 0 Å². The summed E-state index contributed by atoms with van der Waals surface area (Å²) in [6.45, 7) is 3.68. The minimum absolute atomic E-state index is 0.133. The molecule has 0 radical (unpaired) electrons. The molecule has 56 valence electrons. The van der Waals surface area contributed by atoms with E-state index in [1.807, 2.05) is 13.8 Å². The lowest BCUT2D eigenvalue weighted by atomic mass is 10.7. The molecule has 0 aromatic rings. The third kappa shape index (κ3) is 4.59. The molecule has 0 N–H and O–H groups in total. The monoisotopic (exact) mass is 150 g/mol. The molecule has 0 saturated heterocycles. The maximum absolute atomic E-state index is 5.14. The van der Waals surface area contributed by atoms with Crippen LogP contribution in [0.25, 0.3) is 0 Å². The zero-order valence-corrected chi connectivity index (χ0v) is 8.38. The molecule has 0 aromatic carbocycles. The summed E-state index contributed by atoms with van der Waals surface area (Å²) in [5.74, 6) is 0. The maximum atomic E-state index is 5.14. The van der Waals surface area contributed by atoms with Crippen LogP contribution >= 0.6 is 0 Å². The van der Waals surface area contributed by atoms with E-state index < -0.39 is 0 Å². The van der Waals surface area contributed by atoms with Crippen LogP contribution in [-0.2, 0) is 13.9 Å². The van der Waals surface area contributed by atoms with Crippen molar-refractivity contribution in [3.8, 4) is 0 Å². The zero-order chi connectivity index (χ0) is 7.28. The van der Waals surface area contributed by atoms with Crippen LogP contribution in [0.5, 0.6) is 0 Å². The summed E-state index contributed by atoms with van der Waals surface area (Å²) in [5, 5.41) is 0. The third-order valence-electron chi connectivity index (χ3n) is 1.05. The normalized spacial score (nSPS) is 17.7. The fourth-order valence-corrected chi connectivity index (χ4v) is 0.492. The summed E-state index contributed by atoms with van der Waals surface area (Å²) in [6.07, 6.45) is -0.305. The van der Waals surface area contributed by atoms with Crippen LogP contribution in [0.2, 0.25) is 0 Å². The molecule has 0 aliphatic carbocycles. The molecule has 2 atom stereocenters. The molecule has 0 rings (SSSR count). The Kier molecular flexibility index (Phi) is 4.98. The van der Waals surface area contributed by atoms with Crippen LogP contribution in [0, 0.1) is 0 Å². The van der Waals surface area contributed by atoms with Crippen molar-refractivity contribution < 1.29 is 13.9 Å². The van der Waals surface area contributed by atoms with E-state index in [1.165, 1.54) is 0 Å². The molecule has 0 spiro atoms. The highest BCUT2D eigenvalue weighted by molar-refractivity contribution is 5.98. The van der Waals surface area contributed by atoms with E-state index in [-0.39, 0.29) is 12.6 Å². The van der Waals surface area contributed by atoms with E-state index in [4.69, 9.17) is 13.9 Å². The summed E-state index contributed by atoms with van der Waals surface area (Å²) in [7, 11) is 2.30. The lowest BCUT2D eigenvalue weighted by molar-refractivity contribution is -0.192. The molecule has 3 nitrogen and oxygen atoms in total. The van der Waals surface area contributed by atoms with Gasteiger partial charge in [-0.2, -0.15) is 0 Å². The van der Waals surface area contributed by atoms with Crippen LogP contribution in [0.3, 0.4) is 0 Å². The van der Waals surface area contributed by atoms with Crippen molar-refractivity contribution in [3.63, 3.8) is 0 Å². The van der Waals surface area contributed by atoms with E-state index in [2.05, 4.69) is 0 Å². The Morgan fingerprint density at radius 2 is 1.78 bits per heavy atom. The Balaban J connectivity index is 3.22. The number of hydrogen-bond acceptors (Lipinski definition) is 3. The Hall–Kier alpha value is 0.0969. The molecular weight excluding hydrogens is 136 g/mol. The molecule has 4 heteroatoms. The predicted molar refractivity (Wildman–Crippen MR) is 38.0 cm³/mol. The van der Waals surface area contributed by atoms with E-state index in [0.717, 1.165) is 0 Å². The highest BCUT2D eigenvalue weighted by Gasteiger charge is 2.03. The molecule has 2 unspecified atom stereocenters. The summed E-state index contributed by atoms with van der Waals surface area (Å²) in [6, 6.07) is 0. The van der Waals surface area contributed by atoms with Crippen molar-refractivity contribution in [2.45, 2.75) is 26.4 Å². The van der Waals surface area contributed by atoms with Gasteiger partial charge in [-0.05, 0) is 13.8 Å². The number of methoxy groups -OCH3 is 1. The molecule has 0 saturated carbocycles.